The van der Waals surface area contributed by atoms with E-state index in [0.29, 0.717) is 25.9 Å². The summed E-state index contributed by atoms with van der Waals surface area (Å²) >= 11 is 0. The molecule has 0 heterocycles. The molecule has 0 bridgehead atoms. The lowest BCUT2D eigenvalue weighted by molar-refractivity contribution is -0.143. The molecule has 118 valence electrons. The Balaban J connectivity index is 2.31. The van der Waals surface area contributed by atoms with Gasteiger partial charge in [0, 0.05) is 6.42 Å². The van der Waals surface area contributed by atoms with Crippen molar-refractivity contribution in [3.63, 3.8) is 0 Å². The van der Waals surface area contributed by atoms with Crippen molar-refractivity contribution in [1.29, 1.82) is 0 Å². The summed E-state index contributed by atoms with van der Waals surface area (Å²) in [6.07, 6.45) is 2.36. The molecule has 0 aliphatic heterocycles. The molecule has 0 amide bonds. The Morgan fingerprint density at radius 2 is 1.86 bits per heavy atom. The van der Waals surface area contributed by atoms with Crippen molar-refractivity contribution in [3.8, 4) is 0 Å². The zero-order valence-electron chi connectivity index (χ0n) is 12.8. The number of esters is 1. The van der Waals surface area contributed by atoms with Gasteiger partial charge in [-0.1, -0.05) is 30.7 Å². The van der Waals surface area contributed by atoms with Crippen molar-refractivity contribution >= 4 is 15.8 Å². The van der Waals surface area contributed by atoms with Crippen LogP contribution in [0.1, 0.15) is 43.7 Å². The van der Waals surface area contributed by atoms with Crippen LogP contribution in [0.5, 0.6) is 0 Å². The molecule has 0 N–H and O–H groups in total. The van der Waals surface area contributed by atoms with Crippen LogP contribution >= 0.6 is 0 Å². The first-order valence-electron chi connectivity index (χ1n) is 7.35. The van der Waals surface area contributed by atoms with Crippen molar-refractivity contribution in [2.45, 2.75) is 45.3 Å². The topological polar surface area (TPSA) is 60.4 Å². The quantitative estimate of drug-likeness (QED) is 0.519. The first-order chi connectivity index (χ1) is 9.94. The Morgan fingerprint density at radius 3 is 2.52 bits per heavy atom. The molecule has 5 heteroatoms. The molecular formula is C16H24O4S. The van der Waals surface area contributed by atoms with Gasteiger partial charge in [-0.2, -0.15) is 0 Å². The number of ether oxygens (including phenoxy) is 1. The average Bonchev–Trinajstić information content (AvgIpc) is 2.41. The smallest absolute Gasteiger partial charge is 0.305 e. The standard InChI is InChI=1S/C16H24O4S/c1-3-20-16(17)11-5-4-8-12-21(18,19)13-15-10-7-6-9-14(15)2/h6-7,9-10H,3-5,8,11-13H2,1-2H3. The van der Waals surface area contributed by atoms with E-state index < -0.39 is 9.84 Å². The lowest BCUT2D eigenvalue weighted by Crippen LogP contribution is -2.10. The fourth-order valence-corrected chi connectivity index (χ4v) is 3.67. The van der Waals surface area contributed by atoms with E-state index in [4.69, 9.17) is 4.74 Å². The molecular weight excluding hydrogens is 288 g/mol. The summed E-state index contributed by atoms with van der Waals surface area (Å²) in [5.74, 6) is 0.0575. The molecule has 0 aliphatic rings. The van der Waals surface area contributed by atoms with Crippen molar-refractivity contribution in [2.75, 3.05) is 12.4 Å². The molecule has 0 atom stereocenters. The fraction of sp³-hybridized carbons (Fsp3) is 0.562. The van der Waals surface area contributed by atoms with E-state index in [-0.39, 0.29) is 17.5 Å². The third-order valence-corrected chi connectivity index (χ3v) is 4.94. The third-order valence-electron chi connectivity index (χ3n) is 3.28. The van der Waals surface area contributed by atoms with Crippen molar-refractivity contribution in [2.24, 2.45) is 0 Å². The highest BCUT2D eigenvalue weighted by Gasteiger charge is 2.13. The Bertz CT molecular complexity index is 549. The van der Waals surface area contributed by atoms with Crippen LogP contribution in [0, 0.1) is 6.92 Å². The summed E-state index contributed by atoms with van der Waals surface area (Å²) in [6.45, 7) is 4.09. The Hall–Kier alpha value is -1.36. The number of sulfone groups is 1. The van der Waals surface area contributed by atoms with E-state index >= 15 is 0 Å². The molecule has 0 unspecified atom stereocenters. The molecule has 0 aromatic heterocycles. The molecule has 0 aliphatic carbocycles. The number of benzene rings is 1. The lowest BCUT2D eigenvalue weighted by Gasteiger charge is -2.07. The minimum absolute atomic E-state index is 0.0948. The zero-order valence-corrected chi connectivity index (χ0v) is 13.6. The highest BCUT2D eigenvalue weighted by molar-refractivity contribution is 7.90. The zero-order chi connectivity index (χ0) is 15.7. The Kier molecular flexibility index (Phi) is 7.43. The second kappa shape index (κ2) is 8.82. The van der Waals surface area contributed by atoms with Gasteiger partial charge in [-0.25, -0.2) is 8.42 Å². The molecule has 1 rings (SSSR count). The molecule has 0 spiro atoms. The molecule has 0 saturated heterocycles. The van der Waals surface area contributed by atoms with Gasteiger partial charge >= 0.3 is 5.97 Å². The van der Waals surface area contributed by atoms with Gasteiger partial charge < -0.3 is 4.74 Å². The largest absolute Gasteiger partial charge is 0.466 e. The number of carbonyl (C=O) groups is 1. The number of aryl methyl sites for hydroxylation is 1. The number of hydrogen-bond donors (Lipinski definition) is 0. The van der Waals surface area contributed by atoms with Crippen LogP contribution in [-0.2, 0) is 25.1 Å². The number of unbranched alkanes of at least 4 members (excludes halogenated alkanes) is 2. The summed E-state index contributed by atoms with van der Waals surface area (Å²) in [5.41, 5.74) is 1.87. The Morgan fingerprint density at radius 1 is 1.14 bits per heavy atom. The van der Waals surface area contributed by atoms with Crippen LogP contribution in [-0.4, -0.2) is 26.7 Å². The minimum Gasteiger partial charge on any atom is -0.466 e. The van der Waals surface area contributed by atoms with E-state index in [1.807, 2.05) is 31.2 Å². The summed E-state index contributed by atoms with van der Waals surface area (Å²) in [7, 11) is -3.08. The van der Waals surface area contributed by atoms with Gasteiger partial charge in [0.25, 0.3) is 0 Å². The van der Waals surface area contributed by atoms with Gasteiger partial charge in [-0.05, 0) is 37.8 Å². The van der Waals surface area contributed by atoms with Gasteiger partial charge in [0.15, 0.2) is 9.84 Å². The minimum atomic E-state index is -3.08. The van der Waals surface area contributed by atoms with Gasteiger partial charge in [0.05, 0.1) is 18.1 Å². The van der Waals surface area contributed by atoms with Crippen LogP contribution in [0.4, 0.5) is 0 Å². The van der Waals surface area contributed by atoms with E-state index in [1.165, 1.54) is 0 Å². The molecule has 4 nitrogen and oxygen atoms in total. The van der Waals surface area contributed by atoms with Crippen LogP contribution < -0.4 is 0 Å². The van der Waals surface area contributed by atoms with Gasteiger partial charge in [-0.3, -0.25) is 4.79 Å². The first-order valence-corrected chi connectivity index (χ1v) is 9.17. The van der Waals surface area contributed by atoms with Gasteiger partial charge in [0.2, 0.25) is 0 Å². The van der Waals surface area contributed by atoms with Gasteiger partial charge in [-0.15, -0.1) is 0 Å². The van der Waals surface area contributed by atoms with E-state index in [9.17, 15) is 13.2 Å². The first kappa shape index (κ1) is 17.7. The summed E-state index contributed by atoms with van der Waals surface area (Å²) in [4.78, 5) is 11.1. The molecule has 1 aromatic rings. The average molecular weight is 312 g/mol. The Labute approximate surface area is 127 Å². The highest BCUT2D eigenvalue weighted by Crippen LogP contribution is 2.13. The summed E-state index contributed by atoms with van der Waals surface area (Å²) < 4.78 is 28.9. The SMILES string of the molecule is CCOC(=O)CCCCCS(=O)(=O)Cc1ccccc1C. The maximum absolute atomic E-state index is 12.1. The monoisotopic (exact) mass is 312 g/mol. The molecule has 21 heavy (non-hydrogen) atoms. The normalized spacial score (nSPS) is 11.3. The maximum Gasteiger partial charge on any atom is 0.305 e. The van der Waals surface area contributed by atoms with E-state index in [1.54, 1.807) is 6.92 Å². The molecule has 0 fully saturated rings. The van der Waals surface area contributed by atoms with Crippen molar-refractivity contribution in [1.82, 2.24) is 0 Å². The summed E-state index contributed by atoms with van der Waals surface area (Å²) in [6, 6.07) is 7.54. The number of carbonyl (C=O) groups excluding carboxylic acids is 1. The van der Waals surface area contributed by atoms with Crippen molar-refractivity contribution < 1.29 is 17.9 Å². The second-order valence-electron chi connectivity index (χ2n) is 5.13. The number of rotatable bonds is 9. The van der Waals surface area contributed by atoms with Crippen molar-refractivity contribution in [3.05, 3.63) is 35.4 Å². The van der Waals surface area contributed by atoms with Crippen LogP contribution in [0.3, 0.4) is 0 Å². The predicted octanol–water partition coefficient (Wildman–Crippen LogP) is 3.03. The van der Waals surface area contributed by atoms with Gasteiger partial charge in [0.1, 0.15) is 0 Å². The molecule has 1 aromatic carbocycles. The van der Waals surface area contributed by atoms with E-state index in [2.05, 4.69) is 0 Å². The lowest BCUT2D eigenvalue weighted by atomic mass is 10.1. The van der Waals surface area contributed by atoms with E-state index in [0.717, 1.165) is 17.5 Å². The van der Waals surface area contributed by atoms with Crippen LogP contribution in [0.2, 0.25) is 0 Å². The maximum atomic E-state index is 12.1. The third kappa shape index (κ3) is 7.27. The molecule has 0 radical (unpaired) electrons. The van der Waals surface area contributed by atoms with Crippen LogP contribution in [0.25, 0.3) is 0 Å². The second-order valence-corrected chi connectivity index (χ2v) is 7.32. The molecule has 0 saturated carbocycles. The predicted molar refractivity (Wildman–Crippen MR) is 83.8 cm³/mol. The fourth-order valence-electron chi connectivity index (χ4n) is 2.08. The highest BCUT2D eigenvalue weighted by atomic mass is 32.2. The summed E-state index contributed by atoms with van der Waals surface area (Å²) in [5, 5.41) is 0. The van der Waals surface area contributed by atoms with Crippen LogP contribution in [0.15, 0.2) is 24.3 Å². The number of hydrogen-bond acceptors (Lipinski definition) is 4.